The molecule has 1 aliphatic rings. The van der Waals surface area contributed by atoms with E-state index in [1.165, 1.54) is 70.6 Å². The maximum absolute atomic E-state index is 2.53. The first-order chi connectivity index (χ1) is 6.93. The van der Waals surface area contributed by atoms with Gasteiger partial charge in [0.1, 0.15) is 0 Å². The van der Waals surface area contributed by atoms with Crippen LogP contribution in [0.3, 0.4) is 0 Å². The normalized spacial score (nSPS) is 16.1. The molecule has 0 atom stereocenters. The van der Waals surface area contributed by atoms with Crippen LogP contribution in [0.5, 0.6) is 0 Å². The third kappa shape index (κ3) is 7.41. The molecule has 0 amide bonds. The molecule has 0 saturated heterocycles. The van der Waals surface area contributed by atoms with Crippen LogP contribution < -0.4 is 0 Å². The van der Waals surface area contributed by atoms with E-state index in [1.807, 2.05) is 0 Å². The molecule has 1 saturated carbocycles. The molecule has 0 unspecified atom stereocenters. The van der Waals surface area contributed by atoms with Crippen molar-refractivity contribution in [2.45, 2.75) is 77.6 Å². The van der Waals surface area contributed by atoms with Gasteiger partial charge in [0, 0.05) is 0 Å². The lowest BCUT2D eigenvalue weighted by Gasteiger charge is -2.00. The molecule has 0 nitrogen and oxygen atoms in total. The highest BCUT2D eigenvalue weighted by Crippen LogP contribution is 2.33. The molecule has 0 N–H and O–H groups in total. The van der Waals surface area contributed by atoms with E-state index in [2.05, 4.69) is 13.3 Å². The van der Waals surface area contributed by atoms with Crippen molar-refractivity contribution >= 4 is 0 Å². The molecule has 0 heteroatoms. The Bertz CT molecular complexity index is 113. The molecule has 14 heavy (non-hydrogen) atoms. The highest BCUT2D eigenvalue weighted by molar-refractivity contribution is 4.76. The van der Waals surface area contributed by atoms with Crippen molar-refractivity contribution in [2.24, 2.45) is 5.92 Å². The Morgan fingerprint density at radius 1 is 0.929 bits per heavy atom. The quantitative estimate of drug-likeness (QED) is 0.424. The van der Waals surface area contributed by atoms with Crippen LogP contribution in [0, 0.1) is 12.3 Å². The van der Waals surface area contributed by atoms with Crippen molar-refractivity contribution < 1.29 is 0 Å². The summed E-state index contributed by atoms with van der Waals surface area (Å²) in [6, 6.07) is 0. The summed E-state index contributed by atoms with van der Waals surface area (Å²) in [6.45, 7) is 2.28. The molecular formula is C14H27. The molecule has 0 aliphatic heterocycles. The van der Waals surface area contributed by atoms with Gasteiger partial charge >= 0.3 is 0 Å². The SMILES string of the molecule is CCCCCCCC[CH]CCC1CC1. The van der Waals surface area contributed by atoms with Crippen LogP contribution in [-0.4, -0.2) is 0 Å². The second-order valence-electron chi connectivity index (χ2n) is 4.87. The second-order valence-corrected chi connectivity index (χ2v) is 4.87. The van der Waals surface area contributed by atoms with E-state index in [-0.39, 0.29) is 0 Å². The van der Waals surface area contributed by atoms with E-state index in [0.29, 0.717) is 0 Å². The molecule has 1 radical (unpaired) electrons. The lowest BCUT2D eigenvalue weighted by atomic mass is 10.1. The van der Waals surface area contributed by atoms with E-state index in [9.17, 15) is 0 Å². The van der Waals surface area contributed by atoms with Crippen molar-refractivity contribution in [1.82, 2.24) is 0 Å². The molecule has 1 aliphatic carbocycles. The predicted octanol–water partition coefficient (Wildman–Crippen LogP) is 5.13. The van der Waals surface area contributed by atoms with Crippen LogP contribution in [0.15, 0.2) is 0 Å². The molecule has 0 aromatic heterocycles. The molecule has 0 heterocycles. The van der Waals surface area contributed by atoms with Crippen molar-refractivity contribution in [3.05, 3.63) is 6.42 Å². The topological polar surface area (TPSA) is 0 Å². The number of rotatable bonds is 10. The van der Waals surface area contributed by atoms with Gasteiger partial charge in [-0.15, -0.1) is 0 Å². The zero-order valence-corrected chi connectivity index (χ0v) is 9.93. The largest absolute Gasteiger partial charge is 0.0654 e. The summed E-state index contributed by atoms with van der Waals surface area (Å²) < 4.78 is 0. The monoisotopic (exact) mass is 195 g/mol. The molecule has 83 valence electrons. The highest BCUT2D eigenvalue weighted by Gasteiger charge is 2.19. The lowest BCUT2D eigenvalue weighted by molar-refractivity contribution is 0.594. The minimum atomic E-state index is 1.12. The van der Waals surface area contributed by atoms with Gasteiger partial charge in [-0.25, -0.2) is 0 Å². The van der Waals surface area contributed by atoms with Crippen LogP contribution in [0.1, 0.15) is 77.6 Å². The summed E-state index contributed by atoms with van der Waals surface area (Å²) in [6.07, 6.45) is 18.4. The van der Waals surface area contributed by atoms with Gasteiger partial charge in [0.2, 0.25) is 0 Å². The Balaban J connectivity index is 1.63. The number of hydrogen-bond donors (Lipinski definition) is 0. The van der Waals surface area contributed by atoms with Gasteiger partial charge in [0.05, 0.1) is 0 Å². The van der Waals surface area contributed by atoms with E-state index in [0.717, 1.165) is 5.92 Å². The number of hydrogen-bond acceptors (Lipinski definition) is 0. The second kappa shape index (κ2) is 8.32. The van der Waals surface area contributed by atoms with Crippen LogP contribution in [-0.2, 0) is 0 Å². The zero-order valence-electron chi connectivity index (χ0n) is 9.93. The fraction of sp³-hybridized carbons (Fsp3) is 0.929. The maximum atomic E-state index is 2.53. The van der Waals surface area contributed by atoms with Gasteiger partial charge < -0.3 is 0 Å². The first kappa shape index (κ1) is 12.1. The van der Waals surface area contributed by atoms with Crippen LogP contribution in [0.2, 0.25) is 0 Å². The molecule has 0 bridgehead atoms. The van der Waals surface area contributed by atoms with Gasteiger partial charge in [-0.05, 0) is 18.8 Å². The van der Waals surface area contributed by atoms with E-state index < -0.39 is 0 Å². The fourth-order valence-electron chi connectivity index (χ4n) is 1.97. The molecular weight excluding hydrogens is 168 g/mol. The van der Waals surface area contributed by atoms with Gasteiger partial charge in [0.15, 0.2) is 0 Å². The van der Waals surface area contributed by atoms with E-state index in [4.69, 9.17) is 0 Å². The summed E-state index contributed by atoms with van der Waals surface area (Å²) in [5.74, 6) is 1.12. The first-order valence-electron chi connectivity index (χ1n) is 6.75. The lowest BCUT2D eigenvalue weighted by Crippen LogP contribution is -1.83. The average Bonchev–Trinajstić information content (AvgIpc) is 2.99. The summed E-state index contributed by atoms with van der Waals surface area (Å²) >= 11 is 0. The minimum Gasteiger partial charge on any atom is -0.0654 e. The van der Waals surface area contributed by atoms with Crippen molar-refractivity contribution in [3.8, 4) is 0 Å². The molecule has 1 rings (SSSR count). The smallest absolute Gasteiger partial charge is 0.0386 e. The average molecular weight is 195 g/mol. The standard InChI is InChI=1S/C14H27/c1-2-3-4-5-6-7-8-9-10-11-14-12-13-14/h9,14H,2-8,10-13H2,1H3. The molecule has 0 aromatic rings. The van der Waals surface area contributed by atoms with Crippen molar-refractivity contribution in [3.63, 3.8) is 0 Å². The summed E-state index contributed by atoms with van der Waals surface area (Å²) in [5, 5.41) is 0. The Kier molecular flexibility index (Phi) is 7.17. The third-order valence-corrected chi connectivity index (χ3v) is 3.24. The highest BCUT2D eigenvalue weighted by atomic mass is 14.3. The van der Waals surface area contributed by atoms with Crippen molar-refractivity contribution in [2.75, 3.05) is 0 Å². The van der Waals surface area contributed by atoms with Crippen LogP contribution in [0.4, 0.5) is 0 Å². The van der Waals surface area contributed by atoms with Crippen LogP contribution in [0.25, 0.3) is 0 Å². The van der Waals surface area contributed by atoms with Gasteiger partial charge in [-0.1, -0.05) is 71.1 Å². The predicted molar refractivity (Wildman–Crippen MR) is 64.3 cm³/mol. The Morgan fingerprint density at radius 2 is 1.64 bits per heavy atom. The van der Waals surface area contributed by atoms with Gasteiger partial charge in [-0.2, -0.15) is 0 Å². The summed E-state index contributed by atoms with van der Waals surface area (Å²) in [5.41, 5.74) is 0. The minimum absolute atomic E-state index is 1.12. The van der Waals surface area contributed by atoms with Crippen molar-refractivity contribution in [1.29, 1.82) is 0 Å². The Labute approximate surface area is 90.5 Å². The molecule has 1 fully saturated rings. The summed E-state index contributed by atoms with van der Waals surface area (Å²) in [7, 11) is 0. The maximum Gasteiger partial charge on any atom is -0.0386 e. The third-order valence-electron chi connectivity index (χ3n) is 3.24. The summed E-state index contributed by atoms with van der Waals surface area (Å²) in [4.78, 5) is 0. The van der Waals surface area contributed by atoms with Crippen LogP contribution >= 0.6 is 0 Å². The van der Waals surface area contributed by atoms with Gasteiger partial charge in [0.25, 0.3) is 0 Å². The fourth-order valence-corrected chi connectivity index (χ4v) is 1.97. The van der Waals surface area contributed by atoms with E-state index in [1.54, 1.807) is 0 Å². The zero-order chi connectivity index (χ0) is 10.1. The molecule has 0 aromatic carbocycles. The Morgan fingerprint density at radius 3 is 2.36 bits per heavy atom. The first-order valence-corrected chi connectivity index (χ1v) is 6.75. The number of unbranched alkanes of at least 4 members (excludes halogenated alkanes) is 8. The Hall–Kier alpha value is 0. The van der Waals surface area contributed by atoms with E-state index >= 15 is 0 Å². The molecule has 0 spiro atoms. The van der Waals surface area contributed by atoms with Gasteiger partial charge in [-0.3, -0.25) is 0 Å².